The fourth-order valence-corrected chi connectivity index (χ4v) is 1.47. The van der Waals surface area contributed by atoms with Gasteiger partial charge in [0.2, 0.25) is 0 Å². The third-order valence-corrected chi connectivity index (χ3v) is 2.47. The Morgan fingerprint density at radius 1 is 1.25 bits per heavy atom. The summed E-state index contributed by atoms with van der Waals surface area (Å²) in [5.74, 6) is 0. The molecule has 0 aliphatic carbocycles. The Morgan fingerprint density at radius 3 is 2.42 bits per heavy atom. The van der Waals surface area contributed by atoms with Gasteiger partial charge in [0.25, 0.3) is 0 Å². The van der Waals surface area contributed by atoms with Crippen LogP contribution in [-0.2, 0) is 6.54 Å². The van der Waals surface area contributed by atoms with Crippen molar-refractivity contribution < 1.29 is 0 Å². The highest BCUT2D eigenvalue weighted by atomic mass is 35.5. The Morgan fingerprint density at radius 2 is 1.83 bits per heavy atom. The molecule has 1 aromatic carbocycles. The molecule has 0 aliphatic rings. The third kappa shape index (κ3) is 2.13. The highest BCUT2D eigenvalue weighted by molar-refractivity contribution is 6.42. The predicted octanol–water partition coefficient (Wildman–Crippen LogP) is 3.02. The first-order valence-corrected chi connectivity index (χ1v) is 4.50. The van der Waals surface area contributed by atoms with Crippen LogP contribution in [0.4, 0.5) is 0 Å². The van der Waals surface area contributed by atoms with E-state index in [0.29, 0.717) is 10.0 Å². The molecule has 0 aromatic heterocycles. The van der Waals surface area contributed by atoms with Crippen molar-refractivity contribution in [2.75, 3.05) is 7.05 Å². The largest absolute Gasteiger partial charge is 0.316 e. The van der Waals surface area contributed by atoms with E-state index in [0.717, 1.165) is 6.54 Å². The summed E-state index contributed by atoms with van der Waals surface area (Å²) in [5, 5.41) is 4.31. The molecule has 0 atom stereocenters. The summed E-state index contributed by atoms with van der Waals surface area (Å²) in [6.07, 6.45) is 0. The molecule has 0 bridgehead atoms. The Kier molecular flexibility index (Phi) is 3.39. The summed E-state index contributed by atoms with van der Waals surface area (Å²) in [6, 6.07) is 3.78. The zero-order valence-electron chi connectivity index (χ0n) is 7.12. The summed E-state index contributed by atoms with van der Waals surface area (Å²) in [7, 11) is 1.90. The fraction of sp³-hybridized carbons (Fsp3) is 0.333. The first-order chi connectivity index (χ1) is 5.65. The van der Waals surface area contributed by atoms with Gasteiger partial charge in [0, 0.05) is 6.54 Å². The van der Waals surface area contributed by atoms with Crippen LogP contribution in [0.25, 0.3) is 0 Å². The molecule has 0 spiro atoms. The third-order valence-electron chi connectivity index (χ3n) is 1.75. The Hall–Kier alpha value is -0.240. The minimum Gasteiger partial charge on any atom is -0.316 e. The van der Waals surface area contributed by atoms with E-state index < -0.39 is 0 Å². The minimum absolute atomic E-state index is 0.618. The quantitative estimate of drug-likeness (QED) is 0.780. The maximum absolute atomic E-state index is 5.86. The zero-order chi connectivity index (χ0) is 9.14. The van der Waals surface area contributed by atoms with Crippen LogP contribution in [0.2, 0.25) is 10.0 Å². The first kappa shape index (κ1) is 9.85. The molecule has 0 saturated carbocycles. The lowest BCUT2D eigenvalue weighted by Gasteiger charge is -2.06. The van der Waals surface area contributed by atoms with Gasteiger partial charge in [0.05, 0.1) is 10.0 Å². The molecule has 1 N–H and O–H groups in total. The summed E-state index contributed by atoms with van der Waals surface area (Å²) in [5.41, 5.74) is 2.35. The van der Waals surface area contributed by atoms with Gasteiger partial charge in [-0.15, -0.1) is 0 Å². The van der Waals surface area contributed by atoms with Gasteiger partial charge in [0.15, 0.2) is 0 Å². The summed E-state index contributed by atoms with van der Waals surface area (Å²) in [4.78, 5) is 0. The van der Waals surface area contributed by atoms with Crippen LogP contribution in [0, 0.1) is 6.92 Å². The highest BCUT2D eigenvalue weighted by Crippen LogP contribution is 2.25. The molecule has 1 aromatic rings. The van der Waals surface area contributed by atoms with Crippen molar-refractivity contribution in [3.05, 3.63) is 33.3 Å². The number of hydrogen-bond donors (Lipinski definition) is 1. The van der Waals surface area contributed by atoms with Gasteiger partial charge >= 0.3 is 0 Å². The van der Waals surface area contributed by atoms with E-state index >= 15 is 0 Å². The van der Waals surface area contributed by atoms with Crippen LogP contribution < -0.4 is 5.32 Å². The second kappa shape index (κ2) is 4.13. The molecule has 0 heterocycles. The van der Waals surface area contributed by atoms with E-state index in [1.165, 1.54) is 11.1 Å². The highest BCUT2D eigenvalue weighted by Gasteiger charge is 2.02. The molecule has 66 valence electrons. The molecule has 0 unspecified atom stereocenters. The van der Waals surface area contributed by atoms with Crippen molar-refractivity contribution >= 4 is 23.2 Å². The van der Waals surface area contributed by atoms with Gasteiger partial charge in [-0.25, -0.2) is 0 Å². The number of halogens is 2. The van der Waals surface area contributed by atoms with E-state index in [4.69, 9.17) is 23.2 Å². The smallest absolute Gasteiger partial charge is 0.0595 e. The lowest BCUT2D eigenvalue weighted by atomic mass is 10.1. The van der Waals surface area contributed by atoms with Crippen molar-refractivity contribution in [1.29, 1.82) is 0 Å². The Labute approximate surface area is 82.7 Å². The molecular weight excluding hydrogens is 193 g/mol. The van der Waals surface area contributed by atoms with Crippen LogP contribution in [0.5, 0.6) is 0 Å². The Bertz CT molecular complexity index is 284. The molecule has 1 rings (SSSR count). The first-order valence-electron chi connectivity index (χ1n) is 3.74. The van der Waals surface area contributed by atoms with Gasteiger partial charge in [-0.1, -0.05) is 23.2 Å². The molecule has 0 amide bonds. The molecule has 0 fully saturated rings. The van der Waals surface area contributed by atoms with E-state index in [2.05, 4.69) is 5.32 Å². The van der Waals surface area contributed by atoms with E-state index in [1.54, 1.807) is 0 Å². The number of rotatable bonds is 2. The zero-order valence-corrected chi connectivity index (χ0v) is 8.63. The van der Waals surface area contributed by atoms with E-state index in [1.807, 2.05) is 26.1 Å². The van der Waals surface area contributed by atoms with Crippen molar-refractivity contribution in [3.63, 3.8) is 0 Å². The number of nitrogens with one attached hydrogen (secondary N) is 1. The average molecular weight is 204 g/mol. The van der Waals surface area contributed by atoms with Crippen LogP contribution in [-0.4, -0.2) is 7.05 Å². The predicted molar refractivity (Wildman–Crippen MR) is 54.0 cm³/mol. The van der Waals surface area contributed by atoms with Gasteiger partial charge in [0.1, 0.15) is 0 Å². The summed E-state index contributed by atoms with van der Waals surface area (Å²) >= 11 is 11.7. The molecule has 3 heteroatoms. The maximum atomic E-state index is 5.86. The van der Waals surface area contributed by atoms with Crippen LogP contribution in [0.1, 0.15) is 11.1 Å². The molecule has 0 radical (unpaired) electrons. The van der Waals surface area contributed by atoms with Crippen molar-refractivity contribution in [3.8, 4) is 0 Å². The number of hydrogen-bond acceptors (Lipinski definition) is 1. The summed E-state index contributed by atoms with van der Waals surface area (Å²) in [6.45, 7) is 2.84. The minimum atomic E-state index is 0.618. The SMILES string of the molecule is CNCc1cc(Cl)c(Cl)cc1C. The van der Waals surface area contributed by atoms with Crippen molar-refractivity contribution in [2.45, 2.75) is 13.5 Å². The van der Waals surface area contributed by atoms with E-state index in [9.17, 15) is 0 Å². The fourth-order valence-electron chi connectivity index (χ4n) is 1.07. The van der Waals surface area contributed by atoms with Crippen LogP contribution >= 0.6 is 23.2 Å². The second-order valence-electron chi connectivity index (χ2n) is 2.72. The monoisotopic (exact) mass is 203 g/mol. The lowest BCUT2D eigenvalue weighted by molar-refractivity contribution is 0.812. The molecule has 12 heavy (non-hydrogen) atoms. The second-order valence-corrected chi connectivity index (χ2v) is 3.54. The van der Waals surface area contributed by atoms with Gasteiger partial charge < -0.3 is 5.32 Å². The van der Waals surface area contributed by atoms with Crippen LogP contribution in [0.15, 0.2) is 12.1 Å². The standard InChI is InChI=1S/C9H11Cl2N/c1-6-3-8(10)9(11)4-7(6)5-12-2/h3-4,12H,5H2,1-2H3. The number of benzene rings is 1. The van der Waals surface area contributed by atoms with Crippen LogP contribution in [0.3, 0.4) is 0 Å². The van der Waals surface area contributed by atoms with Gasteiger partial charge in [-0.2, -0.15) is 0 Å². The molecular formula is C9H11Cl2N. The van der Waals surface area contributed by atoms with Gasteiger partial charge in [-0.05, 0) is 37.2 Å². The lowest BCUT2D eigenvalue weighted by Crippen LogP contribution is -2.06. The average Bonchev–Trinajstić information content (AvgIpc) is 2.01. The number of aryl methyl sites for hydroxylation is 1. The van der Waals surface area contributed by atoms with Gasteiger partial charge in [-0.3, -0.25) is 0 Å². The maximum Gasteiger partial charge on any atom is 0.0595 e. The van der Waals surface area contributed by atoms with E-state index in [-0.39, 0.29) is 0 Å². The topological polar surface area (TPSA) is 12.0 Å². The summed E-state index contributed by atoms with van der Waals surface area (Å²) < 4.78 is 0. The normalized spacial score (nSPS) is 10.3. The Balaban J connectivity index is 3.05. The molecule has 0 saturated heterocycles. The van der Waals surface area contributed by atoms with Crippen molar-refractivity contribution in [1.82, 2.24) is 5.32 Å². The molecule has 1 nitrogen and oxygen atoms in total. The van der Waals surface area contributed by atoms with Crippen molar-refractivity contribution in [2.24, 2.45) is 0 Å². The molecule has 0 aliphatic heterocycles.